The van der Waals surface area contributed by atoms with E-state index >= 15 is 0 Å². The molecule has 0 saturated carbocycles. The van der Waals surface area contributed by atoms with E-state index in [-0.39, 0.29) is 18.3 Å². The minimum absolute atomic E-state index is 0.265. The van der Waals surface area contributed by atoms with Crippen LogP contribution in [-0.4, -0.2) is 11.7 Å². The summed E-state index contributed by atoms with van der Waals surface area (Å²) in [5.41, 5.74) is 6.51. The summed E-state index contributed by atoms with van der Waals surface area (Å²) >= 11 is 7.39. The number of hydrogen-bond donors (Lipinski definition) is 2. The van der Waals surface area contributed by atoms with Crippen LogP contribution < -0.4 is 5.73 Å². The van der Waals surface area contributed by atoms with Crippen molar-refractivity contribution >= 4 is 22.9 Å². The molecule has 0 bridgehead atoms. The number of thiophene rings is 1. The molecule has 0 amide bonds. The van der Waals surface area contributed by atoms with Crippen molar-refractivity contribution in [2.75, 3.05) is 6.54 Å². The largest absolute Gasteiger partial charge is 0.387 e. The van der Waals surface area contributed by atoms with Crippen molar-refractivity contribution in [1.82, 2.24) is 0 Å². The molecule has 1 heterocycles. The highest BCUT2D eigenvalue weighted by Crippen LogP contribution is 2.37. The molecule has 2 rings (SSSR count). The monoisotopic (exact) mass is 285 g/mol. The number of aliphatic hydroxyl groups excluding tert-OH is 1. The highest BCUT2D eigenvalue weighted by atomic mass is 35.5. The molecule has 0 aliphatic rings. The first-order valence-corrected chi connectivity index (χ1v) is 6.75. The lowest BCUT2D eigenvalue weighted by molar-refractivity contribution is 0.151. The molecular weight excluding hydrogens is 273 g/mol. The first-order chi connectivity index (χ1) is 8.63. The molecular formula is C13H13ClFNOS. The molecule has 1 aromatic carbocycles. The second-order valence-electron chi connectivity index (χ2n) is 3.97. The number of rotatable bonds is 4. The molecule has 2 nitrogen and oxygen atoms in total. The van der Waals surface area contributed by atoms with Gasteiger partial charge in [-0.15, -0.1) is 11.3 Å². The Morgan fingerprint density at radius 1 is 1.28 bits per heavy atom. The number of aliphatic hydroxyl groups is 1. The summed E-state index contributed by atoms with van der Waals surface area (Å²) in [5.74, 6) is -0.597. The van der Waals surface area contributed by atoms with Crippen LogP contribution in [0.25, 0.3) is 0 Å². The van der Waals surface area contributed by atoms with Crippen LogP contribution in [-0.2, 0) is 0 Å². The molecule has 2 atom stereocenters. The van der Waals surface area contributed by atoms with Crippen molar-refractivity contribution in [2.24, 2.45) is 5.73 Å². The van der Waals surface area contributed by atoms with Gasteiger partial charge in [-0.05, 0) is 29.1 Å². The molecule has 0 saturated heterocycles. The van der Waals surface area contributed by atoms with Crippen molar-refractivity contribution in [3.8, 4) is 0 Å². The van der Waals surface area contributed by atoms with Crippen LogP contribution in [0.2, 0.25) is 5.02 Å². The lowest BCUT2D eigenvalue weighted by atomic mass is 9.92. The van der Waals surface area contributed by atoms with Crippen LogP contribution in [0, 0.1) is 5.82 Å². The van der Waals surface area contributed by atoms with Crippen LogP contribution >= 0.6 is 22.9 Å². The molecule has 5 heteroatoms. The maximum Gasteiger partial charge on any atom is 0.123 e. The normalized spacial score (nSPS) is 14.4. The van der Waals surface area contributed by atoms with Gasteiger partial charge in [-0.1, -0.05) is 23.7 Å². The van der Waals surface area contributed by atoms with Crippen molar-refractivity contribution in [2.45, 2.75) is 12.0 Å². The maximum absolute atomic E-state index is 12.9. The lowest BCUT2D eigenvalue weighted by Gasteiger charge is -2.21. The van der Waals surface area contributed by atoms with E-state index in [1.165, 1.54) is 23.5 Å². The molecule has 0 spiro atoms. The van der Waals surface area contributed by atoms with E-state index in [1.54, 1.807) is 18.2 Å². The van der Waals surface area contributed by atoms with Crippen LogP contribution in [0.1, 0.15) is 22.5 Å². The Labute approximate surface area is 114 Å². The molecule has 0 fully saturated rings. The van der Waals surface area contributed by atoms with Crippen molar-refractivity contribution in [3.63, 3.8) is 0 Å². The molecule has 0 radical (unpaired) electrons. The van der Waals surface area contributed by atoms with Gasteiger partial charge in [0.1, 0.15) is 5.82 Å². The third kappa shape index (κ3) is 2.72. The van der Waals surface area contributed by atoms with E-state index in [2.05, 4.69) is 0 Å². The molecule has 0 aliphatic carbocycles. The van der Waals surface area contributed by atoms with E-state index in [0.29, 0.717) is 9.90 Å². The van der Waals surface area contributed by atoms with E-state index in [1.807, 2.05) is 5.38 Å². The van der Waals surface area contributed by atoms with E-state index < -0.39 is 6.10 Å². The second kappa shape index (κ2) is 5.80. The van der Waals surface area contributed by atoms with Gasteiger partial charge in [0.05, 0.1) is 16.0 Å². The zero-order chi connectivity index (χ0) is 13.1. The molecule has 3 N–H and O–H groups in total. The zero-order valence-electron chi connectivity index (χ0n) is 9.51. The van der Waals surface area contributed by atoms with E-state index in [4.69, 9.17) is 17.3 Å². The average molecular weight is 286 g/mol. The van der Waals surface area contributed by atoms with Gasteiger partial charge >= 0.3 is 0 Å². The summed E-state index contributed by atoms with van der Waals surface area (Å²) in [6.07, 6.45) is -0.770. The fraction of sp³-hybridized carbons (Fsp3) is 0.231. The Morgan fingerprint density at radius 3 is 2.44 bits per heavy atom. The summed E-state index contributed by atoms with van der Waals surface area (Å²) < 4.78 is 12.9. The second-order valence-corrected chi connectivity index (χ2v) is 5.33. The summed E-state index contributed by atoms with van der Waals surface area (Å²) in [6, 6.07) is 7.74. The Morgan fingerprint density at radius 2 is 1.94 bits per heavy atom. The maximum atomic E-state index is 12.9. The number of nitrogens with two attached hydrogens (primary N) is 1. The highest BCUT2D eigenvalue weighted by molar-refractivity contribution is 7.10. The topological polar surface area (TPSA) is 46.2 Å². The summed E-state index contributed by atoms with van der Waals surface area (Å²) in [4.78, 5) is 0.691. The van der Waals surface area contributed by atoms with Gasteiger partial charge in [-0.2, -0.15) is 0 Å². The predicted octanol–water partition coefficient (Wildman–Crippen LogP) is 3.32. The minimum atomic E-state index is -0.770. The molecule has 1 aromatic heterocycles. The van der Waals surface area contributed by atoms with Crippen molar-refractivity contribution < 1.29 is 9.50 Å². The van der Waals surface area contributed by atoms with E-state index in [0.717, 1.165) is 5.56 Å². The van der Waals surface area contributed by atoms with Gasteiger partial charge in [0.25, 0.3) is 0 Å². The van der Waals surface area contributed by atoms with Gasteiger partial charge in [-0.3, -0.25) is 0 Å². The van der Waals surface area contributed by atoms with Crippen LogP contribution in [0.3, 0.4) is 0 Å². The Bertz CT molecular complexity index is 514. The molecule has 96 valence electrons. The first-order valence-electron chi connectivity index (χ1n) is 5.50. The van der Waals surface area contributed by atoms with Gasteiger partial charge in [0.2, 0.25) is 0 Å². The number of hydrogen-bond acceptors (Lipinski definition) is 3. The minimum Gasteiger partial charge on any atom is -0.387 e. The van der Waals surface area contributed by atoms with Gasteiger partial charge in [-0.25, -0.2) is 4.39 Å². The first kappa shape index (κ1) is 13.5. The summed E-state index contributed by atoms with van der Waals surface area (Å²) in [7, 11) is 0. The lowest BCUT2D eigenvalue weighted by Crippen LogP contribution is -2.19. The summed E-state index contributed by atoms with van der Waals surface area (Å²) in [6.45, 7) is 0.265. The third-order valence-electron chi connectivity index (χ3n) is 2.85. The number of halogens is 2. The van der Waals surface area contributed by atoms with Crippen LogP contribution in [0.5, 0.6) is 0 Å². The molecule has 2 unspecified atom stereocenters. The van der Waals surface area contributed by atoms with E-state index in [9.17, 15) is 9.50 Å². The van der Waals surface area contributed by atoms with Gasteiger partial charge in [0.15, 0.2) is 0 Å². The quantitative estimate of drug-likeness (QED) is 0.905. The SMILES string of the molecule is NCC(c1ccc(F)cc1)C(O)c1sccc1Cl. The van der Waals surface area contributed by atoms with Gasteiger partial charge < -0.3 is 10.8 Å². The fourth-order valence-electron chi connectivity index (χ4n) is 1.86. The van der Waals surface area contributed by atoms with Crippen LogP contribution in [0.4, 0.5) is 4.39 Å². The predicted molar refractivity (Wildman–Crippen MR) is 72.5 cm³/mol. The zero-order valence-corrected chi connectivity index (χ0v) is 11.1. The number of benzene rings is 1. The third-order valence-corrected chi connectivity index (χ3v) is 4.28. The Kier molecular flexibility index (Phi) is 4.35. The highest BCUT2D eigenvalue weighted by Gasteiger charge is 2.24. The van der Waals surface area contributed by atoms with Gasteiger partial charge in [0, 0.05) is 12.5 Å². The Hall–Kier alpha value is -0.940. The summed E-state index contributed by atoms with van der Waals surface area (Å²) in [5, 5.41) is 12.7. The van der Waals surface area contributed by atoms with Crippen LogP contribution in [0.15, 0.2) is 35.7 Å². The Balaban J connectivity index is 2.28. The standard InChI is InChI=1S/C13H13ClFNOS/c14-11-5-6-18-13(11)12(17)10(7-16)8-1-3-9(15)4-2-8/h1-6,10,12,17H,7,16H2. The van der Waals surface area contributed by atoms with Crippen molar-refractivity contribution in [3.05, 3.63) is 57.0 Å². The fourth-order valence-corrected chi connectivity index (χ4v) is 3.07. The molecule has 2 aromatic rings. The molecule has 0 aliphatic heterocycles. The van der Waals surface area contributed by atoms with Crippen molar-refractivity contribution in [1.29, 1.82) is 0 Å². The smallest absolute Gasteiger partial charge is 0.123 e. The average Bonchev–Trinajstić information content (AvgIpc) is 2.78. The molecule has 18 heavy (non-hydrogen) atoms.